The second kappa shape index (κ2) is 5.81. The Labute approximate surface area is 154 Å². The van der Waals surface area contributed by atoms with Crippen LogP contribution < -0.4 is 4.74 Å². The molecule has 0 radical (unpaired) electrons. The minimum atomic E-state index is -3.83. The highest BCUT2D eigenvalue weighted by Crippen LogP contribution is 2.66. The standard InChI is InChI=1S/C20H22O5S/c1-14-7-9-17(10-8-14)26(21,22)24-18-11-12-20(19(18,2)25-20)15-5-4-6-16(13-15)23-3/h4-10,13,18H,11-12H2,1-3H3/t18-,19-,20-/m1/s1. The molecule has 1 saturated carbocycles. The Bertz CT molecular complexity index is 933. The molecule has 0 N–H and O–H groups in total. The first-order valence-corrected chi connectivity index (χ1v) is 10.1. The lowest BCUT2D eigenvalue weighted by molar-refractivity contribution is 0.0936. The topological polar surface area (TPSA) is 65.1 Å². The number of hydrogen-bond donors (Lipinski definition) is 0. The van der Waals surface area contributed by atoms with E-state index in [0.717, 1.165) is 16.9 Å². The van der Waals surface area contributed by atoms with E-state index in [-0.39, 0.29) is 4.90 Å². The van der Waals surface area contributed by atoms with E-state index >= 15 is 0 Å². The number of aryl methyl sites for hydroxylation is 1. The molecule has 0 spiro atoms. The molecule has 0 amide bonds. The molecule has 0 bridgehead atoms. The fraction of sp³-hybridized carbons (Fsp3) is 0.400. The fourth-order valence-corrected chi connectivity index (χ4v) is 5.15. The maximum absolute atomic E-state index is 12.6. The summed E-state index contributed by atoms with van der Waals surface area (Å²) in [4.78, 5) is 0.172. The van der Waals surface area contributed by atoms with Gasteiger partial charge in [0.05, 0.1) is 12.0 Å². The van der Waals surface area contributed by atoms with Gasteiger partial charge in [-0.15, -0.1) is 0 Å². The van der Waals surface area contributed by atoms with Crippen LogP contribution in [-0.4, -0.2) is 27.2 Å². The maximum Gasteiger partial charge on any atom is 0.297 e. The van der Waals surface area contributed by atoms with Crippen LogP contribution in [-0.2, 0) is 24.6 Å². The largest absolute Gasteiger partial charge is 0.497 e. The molecule has 3 atom stereocenters. The summed E-state index contributed by atoms with van der Waals surface area (Å²) in [7, 11) is -2.21. The van der Waals surface area contributed by atoms with Gasteiger partial charge in [0.2, 0.25) is 0 Å². The highest BCUT2D eigenvalue weighted by molar-refractivity contribution is 7.86. The zero-order chi connectivity index (χ0) is 18.6. The van der Waals surface area contributed by atoms with E-state index in [0.29, 0.717) is 12.8 Å². The van der Waals surface area contributed by atoms with Gasteiger partial charge in [-0.3, -0.25) is 4.18 Å². The SMILES string of the molecule is COc1cccc([C@]23CC[C@@H](OS(=O)(=O)c4ccc(C)cc4)[C@@]2(C)O3)c1. The van der Waals surface area contributed by atoms with Gasteiger partial charge in [0.25, 0.3) is 10.1 Å². The van der Waals surface area contributed by atoms with Crippen molar-refractivity contribution < 1.29 is 22.1 Å². The van der Waals surface area contributed by atoms with Crippen molar-refractivity contribution in [2.75, 3.05) is 7.11 Å². The van der Waals surface area contributed by atoms with E-state index in [2.05, 4.69) is 0 Å². The Morgan fingerprint density at radius 3 is 2.54 bits per heavy atom. The monoisotopic (exact) mass is 374 g/mol. The van der Waals surface area contributed by atoms with Crippen LogP contribution in [0.25, 0.3) is 0 Å². The average Bonchev–Trinajstić information content (AvgIpc) is 3.17. The van der Waals surface area contributed by atoms with Crippen molar-refractivity contribution in [1.82, 2.24) is 0 Å². The van der Waals surface area contributed by atoms with Crippen molar-refractivity contribution in [3.63, 3.8) is 0 Å². The predicted molar refractivity (Wildman–Crippen MR) is 96.6 cm³/mol. The molecule has 1 aliphatic heterocycles. The van der Waals surface area contributed by atoms with Gasteiger partial charge in [-0.25, -0.2) is 0 Å². The van der Waals surface area contributed by atoms with Crippen LogP contribution in [0.5, 0.6) is 5.75 Å². The number of rotatable bonds is 5. The molecule has 4 rings (SSSR count). The molecule has 2 fully saturated rings. The van der Waals surface area contributed by atoms with Crippen molar-refractivity contribution in [3.8, 4) is 5.75 Å². The molecule has 2 aliphatic rings. The number of benzene rings is 2. The highest BCUT2D eigenvalue weighted by atomic mass is 32.2. The first-order chi connectivity index (χ1) is 12.3. The van der Waals surface area contributed by atoms with Gasteiger partial charge in [0, 0.05) is 0 Å². The van der Waals surface area contributed by atoms with E-state index < -0.39 is 27.4 Å². The van der Waals surface area contributed by atoms with Crippen LogP contribution in [0.4, 0.5) is 0 Å². The van der Waals surface area contributed by atoms with E-state index in [9.17, 15) is 8.42 Å². The lowest BCUT2D eigenvalue weighted by Crippen LogP contribution is -2.31. The molecule has 26 heavy (non-hydrogen) atoms. The van der Waals surface area contributed by atoms with Gasteiger partial charge in [-0.1, -0.05) is 29.8 Å². The summed E-state index contributed by atoms with van der Waals surface area (Å²) in [5.41, 5.74) is 0.837. The second-order valence-corrected chi connectivity index (χ2v) is 8.73. The summed E-state index contributed by atoms with van der Waals surface area (Å²) in [6.45, 7) is 3.84. The Kier molecular flexibility index (Phi) is 3.91. The molecule has 138 valence electrons. The Hall–Kier alpha value is -1.89. The molecular formula is C20H22O5S. The molecule has 2 aromatic rings. The third-order valence-electron chi connectivity index (χ3n) is 5.61. The van der Waals surface area contributed by atoms with Crippen LogP contribution in [0, 0.1) is 6.92 Å². The van der Waals surface area contributed by atoms with Gasteiger partial charge < -0.3 is 9.47 Å². The van der Waals surface area contributed by atoms with E-state index in [1.807, 2.05) is 38.1 Å². The van der Waals surface area contributed by atoms with Crippen molar-refractivity contribution >= 4 is 10.1 Å². The number of hydrogen-bond acceptors (Lipinski definition) is 5. The number of fused-ring (bicyclic) bond motifs is 1. The molecule has 1 aliphatic carbocycles. The third-order valence-corrected chi connectivity index (χ3v) is 6.94. The lowest BCUT2D eigenvalue weighted by Gasteiger charge is -2.17. The van der Waals surface area contributed by atoms with E-state index in [4.69, 9.17) is 13.7 Å². The molecule has 0 unspecified atom stereocenters. The van der Waals surface area contributed by atoms with E-state index in [1.54, 1.807) is 31.4 Å². The number of methoxy groups -OCH3 is 1. The Morgan fingerprint density at radius 1 is 1.15 bits per heavy atom. The van der Waals surface area contributed by atoms with Gasteiger partial charge in [0.1, 0.15) is 23.1 Å². The van der Waals surface area contributed by atoms with Crippen molar-refractivity contribution in [1.29, 1.82) is 0 Å². The maximum atomic E-state index is 12.6. The summed E-state index contributed by atoms with van der Waals surface area (Å²) in [6.07, 6.45) is 0.823. The van der Waals surface area contributed by atoms with Crippen LogP contribution in [0.15, 0.2) is 53.4 Å². The van der Waals surface area contributed by atoms with Crippen molar-refractivity contribution in [2.24, 2.45) is 0 Å². The van der Waals surface area contributed by atoms with Crippen molar-refractivity contribution in [3.05, 3.63) is 59.7 Å². The average molecular weight is 374 g/mol. The third kappa shape index (κ3) is 2.55. The van der Waals surface area contributed by atoms with Crippen LogP contribution >= 0.6 is 0 Å². The minimum Gasteiger partial charge on any atom is -0.497 e. The summed E-state index contributed by atoms with van der Waals surface area (Å²) < 4.78 is 42.3. The molecule has 6 heteroatoms. The van der Waals surface area contributed by atoms with Gasteiger partial charge in [-0.05, 0) is 56.5 Å². The zero-order valence-electron chi connectivity index (χ0n) is 15.1. The molecule has 2 aromatic carbocycles. The normalized spacial score (nSPS) is 30.0. The summed E-state index contributed by atoms with van der Waals surface area (Å²) in [5, 5.41) is 0. The van der Waals surface area contributed by atoms with Crippen LogP contribution in [0.2, 0.25) is 0 Å². The Morgan fingerprint density at radius 2 is 1.88 bits per heavy atom. The minimum absolute atomic E-state index is 0.172. The van der Waals surface area contributed by atoms with Gasteiger partial charge in [0.15, 0.2) is 0 Å². The molecule has 0 aromatic heterocycles. The first-order valence-electron chi connectivity index (χ1n) is 8.65. The van der Waals surface area contributed by atoms with Gasteiger partial charge in [-0.2, -0.15) is 8.42 Å². The van der Waals surface area contributed by atoms with Crippen LogP contribution in [0.3, 0.4) is 0 Å². The second-order valence-electron chi connectivity index (χ2n) is 7.16. The molecule has 1 heterocycles. The lowest BCUT2D eigenvalue weighted by atomic mass is 9.89. The predicted octanol–water partition coefficient (Wildman–Crippen LogP) is 3.56. The fourth-order valence-electron chi connectivity index (χ4n) is 3.99. The zero-order valence-corrected chi connectivity index (χ0v) is 15.9. The molecule has 5 nitrogen and oxygen atoms in total. The molecular weight excluding hydrogens is 352 g/mol. The smallest absolute Gasteiger partial charge is 0.297 e. The Balaban J connectivity index is 1.58. The first kappa shape index (κ1) is 17.5. The summed E-state index contributed by atoms with van der Waals surface area (Å²) in [5.74, 6) is 0.756. The van der Waals surface area contributed by atoms with Gasteiger partial charge >= 0.3 is 0 Å². The number of ether oxygens (including phenoxy) is 2. The quantitative estimate of drug-likeness (QED) is 0.591. The highest BCUT2D eigenvalue weighted by Gasteiger charge is 2.76. The van der Waals surface area contributed by atoms with Crippen LogP contribution in [0.1, 0.15) is 30.9 Å². The summed E-state index contributed by atoms with van der Waals surface area (Å²) >= 11 is 0. The number of epoxide rings is 1. The summed E-state index contributed by atoms with van der Waals surface area (Å²) in [6, 6.07) is 14.4. The molecule has 1 saturated heterocycles. The van der Waals surface area contributed by atoms with Crippen molar-refractivity contribution in [2.45, 2.75) is 48.9 Å². The van der Waals surface area contributed by atoms with E-state index in [1.165, 1.54) is 0 Å².